The SMILES string of the molecule is CC(C)(NCc1c[nH]c2ccccc12)c1ccc(Br)cc1. The Labute approximate surface area is 133 Å². The van der Waals surface area contributed by atoms with Gasteiger partial charge in [0.25, 0.3) is 0 Å². The molecular weight excluding hydrogens is 324 g/mol. The molecular formula is C18H19BrN2. The first kappa shape index (κ1) is 14.4. The highest BCUT2D eigenvalue weighted by molar-refractivity contribution is 9.10. The number of rotatable bonds is 4. The van der Waals surface area contributed by atoms with Crippen LogP contribution in [0.1, 0.15) is 25.0 Å². The molecule has 0 aliphatic carbocycles. The van der Waals surface area contributed by atoms with Gasteiger partial charge in [-0.15, -0.1) is 0 Å². The van der Waals surface area contributed by atoms with Crippen molar-refractivity contribution in [2.24, 2.45) is 0 Å². The third kappa shape index (κ3) is 3.04. The Bertz CT molecular complexity index is 741. The van der Waals surface area contributed by atoms with Crippen molar-refractivity contribution in [2.75, 3.05) is 0 Å². The van der Waals surface area contributed by atoms with Gasteiger partial charge in [0.15, 0.2) is 0 Å². The Morgan fingerprint density at radius 2 is 1.76 bits per heavy atom. The molecule has 0 fully saturated rings. The molecule has 2 N–H and O–H groups in total. The van der Waals surface area contributed by atoms with Gasteiger partial charge in [0.1, 0.15) is 0 Å². The molecule has 1 heterocycles. The number of hydrogen-bond acceptors (Lipinski definition) is 1. The van der Waals surface area contributed by atoms with Gasteiger partial charge in [-0.05, 0) is 43.2 Å². The quantitative estimate of drug-likeness (QED) is 0.689. The van der Waals surface area contributed by atoms with E-state index >= 15 is 0 Å². The van der Waals surface area contributed by atoms with Gasteiger partial charge in [0.05, 0.1) is 0 Å². The molecule has 0 aliphatic heterocycles. The fourth-order valence-corrected chi connectivity index (χ4v) is 2.83. The molecule has 0 amide bonds. The van der Waals surface area contributed by atoms with E-state index in [4.69, 9.17) is 0 Å². The molecule has 1 aromatic heterocycles. The minimum Gasteiger partial charge on any atom is -0.361 e. The van der Waals surface area contributed by atoms with E-state index in [0.29, 0.717) is 0 Å². The van der Waals surface area contributed by atoms with Gasteiger partial charge >= 0.3 is 0 Å². The lowest BCUT2D eigenvalue weighted by molar-refractivity contribution is 0.402. The van der Waals surface area contributed by atoms with Crippen LogP contribution in [0.2, 0.25) is 0 Å². The van der Waals surface area contributed by atoms with Crippen LogP contribution in [0.25, 0.3) is 10.9 Å². The second-order valence-corrected chi connectivity index (χ2v) is 6.76. The molecule has 0 radical (unpaired) electrons. The van der Waals surface area contributed by atoms with E-state index in [-0.39, 0.29) is 5.54 Å². The summed E-state index contributed by atoms with van der Waals surface area (Å²) in [6, 6.07) is 16.9. The summed E-state index contributed by atoms with van der Waals surface area (Å²) < 4.78 is 1.11. The first-order valence-corrected chi connectivity index (χ1v) is 7.92. The van der Waals surface area contributed by atoms with Gasteiger partial charge < -0.3 is 10.3 Å². The molecule has 3 aromatic rings. The van der Waals surface area contributed by atoms with E-state index in [0.717, 1.165) is 11.0 Å². The zero-order chi connectivity index (χ0) is 14.9. The monoisotopic (exact) mass is 342 g/mol. The van der Waals surface area contributed by atoms with Crippen molar-refractivity contribution < 1.29 is 0 Å². The number of nitrogens with one attached hydrogen (secondary N) is 2. The summed E-state index contributed by atoms with van der Waals surface area (Å²) in [5, 5.41) is 4.94. The smallest absolute Gasteiger partial charge is 0.0457 e. The molecule has 3 heteroatoms. The summed E-state index contributed by atoms with van der Waals surface area (Å²) in [5.41, 5.74) is 3.70. The molecule has 3 rings (SSSR count). The number of aromatic nitrogens is 1. The fourth-order valence-electron chi connectivity index (χ4n) is 2.56. The standard InChI is InChI=1S/C18H19BrN2/c1-18(2,14-7-9-15(19)10-8-14)21-12-13-11-20-17-6-4-3-5-16(13)17/h3-11,20-21H,12H2,1-2H3. The van der Waals surface area contributed by atoms with Crippen LogP contribution in [0.3, 0.4) is 0 Å². The van der Waals surface area contributed by atoms with Crippen molar-refractivity contribution in [3.05, 3.63) is 70.3 Å². The number of halogens is 1. The maximum absolute atomic E-state index is 3.65. The van der Waals surface area contributed by atoms with E-state index in [9.17, 15) is 0 Å². The maximum Gasteiger partial charge on any atom is 0.0457 e. The van der Waals surface area contributed by atoms with Crippen molar-refractivity contribution in [3.8, 4) is 0 Å². The zero-order valence-corrected chi connectivity index (χ0v) is 13.9. The molecule has 0 saturated carbocycles. The molecule has 108 valence electrons. The summed E-state index contributed by atoms with van der Waals surface area (Å²) >= 11 is 3.49. The lowest BCUT2D eigenvalue weighted by Crippen LogP contribution is -2.35. The minimum absolute atomic E-state index is 0.0704. The molecule has 0 unspecified atom stereocenters. The lowest BCUT2D eigenvalue weighted by atomic mass is 9.94. The first-order chi connectivity index (χ1) is 10.1. The van der Waals surface area contributed by atoms with Gasteiger partial charge in [-0.25, -0.2) is 0 Å². The molecule has 2 nitrogen and oxygen atoms in total. The number of fused-ring (bicyclic) bond motifs is 1. The number of benzene rings is 2. The van der Waals surface area contributed by atoms with Gasteiger partial charge in [0.2, 0.25) is 0 Å². The largest absolute Gasteiger partial charge is 0.361 e. The van der Waals surface area contributed by atoms with Crippen LogP contribution in [0.4, 0.5) is 0 Å². The molecule has 0 saturated heterocycles. The summed E-state index contributed by atoms with van der Waals surface area (Å²) in [5.74, 6) is 0. The highest BCUT2D eigenvalue weighted by Crippen LogP contribution is 2.24. The van der Waals surface area contributed by atoms with Gasteiger partial charge in [-0.3, -0.25) is 0 Å². The van der Waals surface area contributed by atoms with Gasteiger partial charge in [-0.2, -0.15) is 0 Å². The summed E-state index contributed by atoms with van der Waals surface area (Å²) in [4.78, 5) is 3.33. The molecule has 0 atom stereocenters. The number of aromatic amines is 1. The van der Waals surface area contributed by atoms with Crippen molar-refractivity contribution in [2.45, 2.75) is 25.9 Å². The fraction of sp³-hybridized carbons (Fsp3) is 0.222. The van der Waals surface area contributed by atoms with Gasteiger partial charge in [-0.1, -0.05) is 46.3 Å². The highest BCUT2D eigenvalue weighted by atomic mass is 79.9. The average Bonchev–Trinajstić information content (AvgIpc) is 2.89. The van der Waals surface area contributed by atoms with Crippen molar-refractivity contribution in [1.82, 2.24) is 10.3 Å². The second kappa shape index (κ2) is 5.66. The number of hydrogen-bond donors (Lipinski definition) is 2. The predicted molar refractivity (Wildman–Crippen MR) is 92.3 cm³/mol. The Balaban J connectivity index is 1.78. The van der Waals surface area contributed by atoms with Crippen LogP contribution in [-0.4, -0.2) is 4.98 Å². The summed E-state index contributed by atoms with van der Waals surface area (Å²) in [7, 11) is 0. The van der Waals surface area contributed by atoms with E-state index in [1.807, 2.05) is 0 Å². The van der Waals surface area contributed by atoms with Crippen LogP contribution in [0.5, 0.6) is 0 Å². The molecule has 2 aromatic carbocycles. The lowest BCUT2D eigenvalue weighted by Gasteiger charge is -2.27. The van der Waals surface area contributed by atoms with Crippen LogP contribution < -0.4 is 5.32 Å². The third-order valence-electron chi connectivity index (χ3n) is 3.96. The Hall–Kier alpha value is -1.58. The van der Waals surface area contributed by atoms with Crippen LogP contribution in [0, 0.1) is 0 Å². The average molecular weight is 343 g/mol. The first-order valence-electron chi connectivity index (χ1n) is 7.12. The van der Waals surface area contributed by atoms with Crippen LogP contribution in [0.15, 0.2) is 59.2 Å². The Morgan fingerprint density at radius 3 is 2.52 bits per heavy atom. The van der Waals surface area contributed by atoms with Crippen molar-refractivity contribution >= 4 is 26.8 Å². The number of para-hydroxylation sites is 1. The third-order valence-corrected chi connectivity index (χ3v) is 4.49. The van der Waals surface area contributed by atoms with E-state index in [2.05, 4.69) is 94.8 Å². The second-order valence-electron chi connectivity index (χ2n) is 5.84. The molecule has 0 spiro atoms. The van der Waals surface area contributed by atoms with E-state index in [1.165, 1.54) is 22.0 Å². The molecule has 0 bridgehead atoms. The summed E-state index contributed by atoms with van der Waals surface area (Å²) in [6.07, 6.45) is 2.09. The van der Waals surface area contributed by atoms with Crippen LogP contribution >= 0.6 is 15.9 Å². The summed E-state index contributed by atoms with van der Waals surface area (Å²) in [6.45, 7) is 5.27. The maximum atomic E-state index is 3.65. The van der Waals surface area contributed by atoms with Gasteiger partial charge in [0, 0.05) is 33.7 Å². The van der Waals surface area contributed by atoms with Crippen LogP contribution in [-0.2, 0) is 12.1 Å². The van der Waals surface area contributed by atoms with E-state index < -0.39 is 0 Å². The van der Waals surface area contributed by atoms with Crippen molar-refractivity contribution in [1.29, 1.82) is 0 Å². The normalized spacial score (nSPS) is 12.0. The van der Waals surface area contributed by atoms with Crippen molar-refractivity contribution in [3.63, 3.8) is 0 Å². The Morgan fingerprint density at radius 1 is 1.05 bits per heavy atom. The van der Waals surface area contributed by atoms with E-state index in [1.54, 1.807) is 0 Å². The number of H-pyrrole nitrogens is 1. The minimum atomic E-state index is -0.0704. The Kier molecular flexibility index (Phi) is 3.87. The highest BCUT2D eigenvalue weighted by Gasteiger charge is 2.19. The zero-order valence-electron chi connectivity index (χ0n) is 12.3. The topological polar surface area (TPSA) is 27.8 Å². The predicted octanol–water partition coefficient (Wildman–Crippen LogP) is 4.96. The molecule has 0 aliphatic rings. The molecule has 21 heavy (non-hydrogen) atoms.